The first-order valence-electron chi connectivity index (χ1n) is 9.59. The predicted octanol–water partition coefficient (Wildman–Crippen LogP) is 2.83. The smallest absolute Gasteiger partial charge is 0.260 e. The highest BCUT2D eigenvalue weighted by atomic mass is 19.1. The van der Waals surface area contributed by atoms with Crippen LogP contribution in [0.5, 0.6) is 5.75 Å². The Labute approximate surface area is 158 Å². The van der Waals surface area contributed by atoms with Gasteiger partial charge in [0.2, 0.25) is 0 Å². The van der Waals surface area contributed by atoms with Gasteiger partial charge in [-0.15, -0.1) is 0 Å². The summed E-state index contributed by atoms with van der Waals surface area (Å²) in [7, 11) is 0. The van der Waals surface area contributed by atoms with Crippen molar-refractivity contribution in [3.8, 4) is 5.75 Å². The lowest BCUT2D eigenvalue weighted by atomic mass is 9.95. The maximum Gasteiger partial charge on any atom is 0.260 e. The molecule has 5 nitrogen and oxygen atoms in total. The van der Waals surface area contributed by atoms with Gasteiger partial charge in [-0.1, -0.05) is 12.1 Å². The Morgan fingerprint density at radius 2 is 1.85 bits per heavy atom. The molecule has 2 aromatic rings. The maximum absolute atomic E-state index is 13.9. The number of carbonyl (C=O) groups is 1. The standard InChI is InChI=1S/C21H24FN3O2/c22-17-6-2-4-8-19(17)24-11-13-25(14-12-24)21(26)15-27-20-9-10-23-18-7-3-1-5-16(18)20/h2,4,6,8-10H,1,3,5,7,11-15H2. The van der Waals surface area contributed by atoms with Crippen LogP contribution in [0.1, 0.15) is 24.1 Å². The molecular formula is C21H24FN3O2. The Balaban J connectivity index is 1.32. The summed E-state index contributed by atoms with van der Waals surface area (Å²) in [5, 5.41) is 0. The van der Waals surface area contributed by atoms with E-state index in [1.54, 1.807) is 23.2 Å². The van der Waals surface area contributed by atoms with Crippen LogP contribution in [0.4, 0.5) is 10.1 Å². The zero-order valence-corrected chi connectivity index (χ0v) is 15.4. The van der Waals surface area contributed by atoms with Crippen molar-refractivity contribution in [2.24, 2.45) is 0 Å². The summed E-state index contributed by atoms with van der Waals surface area (Å²) >= 11 is 0. The number of nitrogens with zero attached hydrogens (tertiary/aromatic N) is 3. The molecular weight excluding hydrogens is 345 g/mol. The average Bonchev–Trinajstić information content (AvgIpc) is 2.72. The molecule has 0 N–H and O–H groups in total. The number of hydrogen-bond acceptors (Lipinski definition) is 4. The van der Waals surface area contributed by atoms with Crippen molar-refractivity contribution in [3.05, 3.63) is 53.6 Å². The van der Waals surface area contributed by atoms with Crippen LogP contribution < -0.4 is 9.64 Å². The molecule has 2 aliphatic rings. The van der Waals surface area contributed by atoms with Crippen LogP contribution >= 0.6 is 0 Å². The number of pyridine rings is 1. The minimum atomic E-state index is -0.219. The molecule has 4 rings (SSSR count). The van der Waals surface area contributed by atoms with Crippen LogP contribution in [0.15, 0.2) is 36.5 Å². The fourth-order valence-electron chi connectivity index (χ4n) is 3.86. The molecule has 1 aromatic heterocycles. The van der Waals surface area contributed by atoms with E-state index in [0.29, 0.717) is 31.9 Å². The van der Waals surface area contributed by atoms with Gasteiger partial charge in [-0.25, -0.2) is 4.39 Å². The van der Waals surface area contributed by atoms with Crippen molar-refractivity contribution in [2.75, 3.05) is 37.7 Å². The van der Waals surface area contributed by atoms with Gasteiger partial charge in [-0.05, 0) is 43.9 Å². The molecule has 1 aliphatic carbocycles. The topological polar surface area (TPSA) is 45.7 Å². The molecule has 1 amide bonds. The molecule has 0 saturated carbocycles. The van der Waals surface area contributed by atoms with Gasteiger partial charge in [0.15, 0.2) is 6.61 Å². The summed E-state index contributed by atoms with van der Waals surface area (Å²) in [6.45, 7) is 2.43. The van der Waals surface area contributed by atoms with Crippen molar-refractivity contribution in [2.45, 2.75) is 25.7 Å². The molecule has 1 fully saturated rings. The normalized spacial score (nSPS) is 16.8. The van der Waals surface area contributed by atoms with E-state index in [9.17, 15) is 9.18 Å². The lowest BCUT2D eigenvalue weighted by Gasteiger charge is -2.36. The van der Waals surface area contributed by atoms with Gasteiger partial charge in [0.25, 0.3) is 5.91 Å². The van der Waals surface area contributed by atoms with E-state index in [2.05, 4.69) is 4.98 Å². The van der Waals surface area contributed by atoms with E-state index in [1.165, 1.54) is 6.07 Å². The van der Waals surface area contributed by atoms with E-state index in [1.807, 2.05) is 17.0 Å². The number of aryl methyl sites for hydroxylation is 1. The van der Waals surface area contributed by atoms with Crippen LogP contribution in [-0.2, 0) is 17.6 Å². The Morgan fingerprint density at radius 1 is 1.07 bits per heavy atom. The number of hydrogen-bond donors (Lipinski definition) is 0. The maximum atomic E-state index is 13.9. The first kappa shape index (κ1) is 17.8. The molecule has 6 heteroatoms. The number of amides is 1. The van der Waals surface area contributed by atoms with Crippen LogP contribution in [0, 0.1) is 5.82 Å². The lowest BCUT2D eigenvalue weighted by Crippen LogP contribution is -2.50. The van der Waals surface area contributed by atoms with E-state index >= 15 is 0 Å². The van der Waals surface area contributed by atoms with Crippen LogP contribution in [-0.4, -0.2) is 48.6 Å². The quantitative estimate of drug-likeness (QED) is 0.831. The number of halogens is 1. The third-order valence-electron chi connectivity index (χ3n) is 5.37. The third kappa shape index (κ3) is 3.89. The van der Waals surface area contributed by atoms with Crippen molar-refractivity contribution >= 4 is 11.6 Å². The molecule has 0 unspecified atom stereocenters. The SMILES string of the molecule is O=C(COc1ccnc2c1CCCC2)N1CCN(c2ccccc2F)CC1. The number of anilines is 1. The molecule has 0 bridgehead atoms. The highest BCUT2D eigenvalue weighted by Gasteiger charge is 2.23. The van der Waals surface area contributed by atoms with Crippen molar-refractivity contribution < 1.29 is 13.9 Å². The Morgan fingerprint density at radius 3 is 2.67 bits per heavy atom. The molecule has 1 aliphatic heterocycles. The van der Waals surface area contributed by atoms with Crippen molar-refractivity contribution in [1.29, 1.82) is 0 Å². The Hall–Kier alpha value is -2.63. The summed E-state index contributed by atoms with van der Waals surface area (Å²) in [6.07, 6.45) is 6.01. The number of fused-ring (bicyclic) bond motifs is 1. The third-order valence-corrected chi connectivity index (χ3v) is 5.37. The van der Waals surface area contributed by atoms with Gasteiger partial charge in [0.05, 0.1) is 5.69 Å². The number of ether oxygens (including phenoxy) is 1. The number of rotatable bonds is 4. The fraction of sp³-hybridized carbons (Fsp3) is 0.429. The molecule has 0 spiro atoms. The largest absolute Gasteiger partial charge is 0.483 e. The van der Waals surface area contributed by atoms with Gasteiger partial charge in [0, 0.05) is 43.6 Å². The van der Waals surface area contributed by atoms with Crippen LogP contribution in [0.25, 0.3) is 0 Å². The Bertz CT molecular complexity index is 819. The first-order valence-corrected chi connectivity index (χ1v) is 9.59. The molecule has 1 saturated heterocycles. The molecule has 2 heterocycles. The zero-order chi connectivity index (χ0) is 18.6. The van der Waals surface area contributed by atoms with Gasteiger partial charge in [0.1, 0.15) is 11.6 Å². The van der Waals surface area contributed by atoms with Gasteiger partial charge < -0.3 is 14.5 Å². The summed E-state index contributed by atoms with van der Waals surface area (Å²) in [5.74, 6) is 0.547. The van der Waals surface area contributed by atoms with Crippen molar-refractivity contribution in [1.82, 2.24) is 9.88 Å². The highest BCUT2D eigenvalue weighted by molar-refractivity contribution is 5.78. The van der Waals surface area contributed by atoms with Gasteiger partial charge in [-0.3, -0.25) is 9.78 Å². The van der Waals surface area contributed by atoms with E-state index in [4.69, 9.17) is 4.74 Å². The summed E-state index contributed by atoms with van der Waals surface area (Å²) in [4.78, 5) is 20.8. The monoisotopic (exact) mass is 369 g/mol. The van der Waals surface area contributed by atoms with Crippen LogP contribution in [0.3, 0.4) is 0 Å². The number of benzene rings is 1. The molecule has 0 radical (unpaired) electrons. The molecule has 27 heavy (non-hydrogen) atoms. The second-order valence-corrected chi connectivity index (χ2v) is 7.05. The summed E-state index contributed by atoms with van der Waals surface area (Å²) in [5.41, 5.74) is 2.86. The minimum absolute atomic E-state index is 0.0236. The van der Waals surface area contributed by atoms with E-state index in [-0.39, 0.29) is 18.3 Å². The number of piperazine rings is 1. The number of carbonyl (C=O) groups excluding carboxylic acids is 1. The van der Waals surface area contributed by atoms with E-state index in [0.717, 1.165) is 42.7 Å². The summed E-state index contributed by atoms with van der Waals surface area (Å²) < 4.78 is 19.8. The highest BCUT2D eigenvalue weighted by Crippen LogP contribution is 2.28. The summed E-state index contributed by atoms with van der Waals surface area (Å²) in [6, 6.07) is 8.62. The van der Waals surface area contributed by atoms with Gasteiger partial charge >= 0.3 is 0 Å². The lowest BCUT2D eigenvalue weighted by molar-refractivity contribution is -0.133. The second-order valence-electron chi connectivity index (χ2n) is 7.05. The van der Waals surface area contributed by atoms with Gasteiger partial charge in [-0.2, -0.15) is 0 Å². The zero-order valence-electron chi connectivity index (χ0n) is 15.4. The fourth-order valence-corrected chi connectivity index (χ4v) is 3.86. The average molecular weight is 369 g/mol. The molecule has 1 aromatic carbocycles. The van der Waals surface area contributed by atoms with E-state index < -0.39 is 0 Å². The number of para-hydroxylation sites is 1. The second kappa shape index (κ2) is 7.94. The molecule has 142 valence electrons. The molecule has 0 atom stereocenters. The Kier molecular flexibility index (Phi) is 5.23. The minimum Gasteiger partial charge on any atom is -0.483 e. The predicted molar refractivity (Wildman–Crippen MR) is 102 cm³/mol. The van der Waals surface area contributed by atoms with Crippen molar-refractivity contribution in [3.63, 3.8) is 0 Å². The van der Waals surface area contributed by atoms with Crippen LogP contribution in [0.2, 0.25) is 0 Å². The number of aromatic nitrogens is 1. The first-order chi connectivity index (χ1) is 13.2.